The van der Waals surface area contributed by atoms with Gasteiger partial charge in [0.05, 0.1) is 18.7 Å². The molecule has 0 bridgehead atoms. The van der Waals surface area contributed by atoms with Crippen LogP contribution < -0.4 is 10.5 Å². The number of carbonyl (C=O) groups excluding carboxylic acids is 1. The molecule has 0 radical (unpaired) electrons. The van der Waals surface area contributed by atoms with Crippen LogP contribution in [-0.2, 0) is 16.1 Å². The Hall–Kier alpha value is -2.56. The van der Waals surface area contributed by atoms with Gasteiger partial charge in [0.1, 0.15) is 12.4 Å². The molecule has 0 fully saturated rings. The smallest absolute Gasteiger partial charge is 0.309 e. The van der Waals surface area contributed by atoms with Crippen LogP contribution in [-0.4, -0.2) is 17.6 Å². The Morgan fingerprint density at radius 3 is 2.67 bits per heavy atom. The third-order valence-corrected chi connectivity index (χ3v) is 2.78. The SMILES string of the molecule is Cc1cccc(COC(=O)CCOc2ccc(N)cc2)n1. The highest BCUT2D eigenvalue weighted by molar-refractivity contribution is 5.69. The van der Waals surface area contributed by atoms with Crippen LogP contribution >= 0.6 is 0 Å². The van der Waals surface area contributed by atoms with Crippen molar-refractivity contribution < 1.29 is 14.3 Å². The summed E-state index contributed by atoms with van der Waals surface area (Å²) in [6.45, 7) is 2.35. The minimum atomic E-state index is -0.311. The van der Waals surface area contributed by atoms with Gasteiger partial charge in [-0.3, -0.25) is 9.78 Å². The van der Waals surface area contributed by atoms with Crippen LogP contribution in [0.15, 0.2) is 42.5 Å². The van der Waals surface area contributed by atoms with Crippen molar-refractivity contribution in [3.05, 3.63) is 53.9 Å². The maximum absolute atomic E-state index is 11.6. The predicted molar refractivity (Wildman–Crippen MR) is 79.7 cm³/mol. The number of carbonyl (C=O) groups is 1. The van der Waals surface area contributed by atoms with Crippen molar-refractivity contribution in [3.8, 4) is 5.75 Å². The zero-order valence-electron chi connectivity index (χ0n) is 11.9. The second-order valence-electron chi connectivity index (χ2n) is 4.60. The first-order valence-electron chi connectivity index (χ1n) is 6.70. The van der Waals surface area contributed by atoms with Crippen molar-refractivity contribution in [2.24, 2.45) is 0 Å². The molecule has 1 aromatic heterocycles. The van der Waals surface area contributed by atoms with E-state index < -0.39 is 0 Å². The first-order valence-corrected chi connectivity index (χ1v) is 6.70. The van der Waals surface area contributed by atoms with Gasteiger partial charge < -0.3 is 15.2 Å². The Balaban J connectivity index is 1.69. The van der Waals surface area contributed by atoms with Gasteiger partial charge in [-0.15, -0.1) is 0 Å². The molecule has 110 valence electrons. The van der Waals surface area contributed by atoms with Crippen LogP contribution in [0.3, 0.4) is 0 Å². The summed E-state index contributed by atoms with van der Waals surface area (Å²) in [5.74, 6) is 0.367. The molecule has 5 heteroatoms. The van der Waals surface area contributed by atoms with Gasteiger partial charge in [-0.1, -0.05) is 6.07 Å². The quantitative estimate of drug-likeness (QED) is 0.652. The minimum absolute atomic E-state index is 0.183. The van der Waals surface area contributed by atoms with Crippen molar-refractivity contribution in [2.45, 2.75) is 20.0 Å². The zero-order valence-corrected chi connectivity index (χ0v) is 11.9. The topological polar surface area (TPSA) is 74.4 Å². The van der Waals surface area contributed by atoms with Gasteiger partial charge in [0.15, 0.2) is 0 Å². The molecule has 0 aliphatic rings. The van der Waals surface area contributed by atoms with Crippen molar-refractivity contribution in [1.82, 2.24) is 4.98 Å². The summed E-state index contributed by atoms with van der Waals surface area (Å²) in [5, 5.41) is 0. The fourth-order valence-corrected chi connectivity index (χ4v) is 1.72. The number of hydrogen-bond acceptors (Lipinski definition) is 5. The molecule has 0 atom stereocenters. The van der Waals surface area contributed by atoms with Crippen LogP contribution in [0.1, 0.15) is 17.8 Å². The van der Waals surface area contributed by atoms with E-state index in [0.717, 1.165) is 11.4 Å². The molecule has 1 aromatic carbocycles. The molecule has 2 N–H and O–H groups in total. The number of nitrogens with two attached hydrogens (primary N) is 1. The number of benzene rings is 1. The lowest BCUT2D eigenvalue weighted by atomic mass is 10.3. The lowest BCUT2D eigenvalue weighted by molar-refractivity contribution is -0.145. The lowest BCUT2D eigenvalue weighted by Crippen LogP contribution is -2.10. The molecule has 1 heterocycles. The number of nitrogens with zero attached hydrogens (tertiary/aromatic N) is 1. The predicted octanol–water partition coefficient (Wildman–Crippen LogP) is 2.48. The van der Waals surface area contributed by atoms with Gasteiger partial charge in [-0.2, -0.15) is 0 Å². The van der Waals surface area contributed by atoms with Crippen LogP contribution in [0.25, 0.3) is 0 Å². The van der Waals surface area contributed by atoms with Gasteiger partial charge in [0, 0.05) is 11.4 Å². The van der Waals surface area contributed by atoms with Gasteiger partial charge in [-0.25, -0.2) is 0 Å². The maximum Gasteiger partial charge on any atom is 0.309 e. The molecule has 0 saturated carbocycles. The second-order valence-corrected chi connectivity index (χ2v) is 4.60. The molecule has 0 aliphatic carbocycles. The first-order chi connectivity index (χ1) is 10.1. The van der Waals surface area contributed by atoms with E-state index in [1.807, 2.05) is 25.1 Å². The van der Waals surface area contributed by atoms with Crippen LogP contribution in [0.4, 0.5) is 5.69 Å². The first kappa shape index (κ1) is 14.8. The molecule has 0 unspecified atom stereocenters. The Bertz CT molecular complexity index is 597. The summed E-state index contributed by atoms with van der Waals surface area (Å²) >= 11 is 0. The minimum Gasteiger partial charge on any atom is -0.493 e. The summed E-state index contributed by atoms with van der Waals surface area (Å²) in [5.41, 5.74) is 7.88. The highest BCUT2D eigenvalue weighted by Gasteiger charge is 2.05. The number of esters is 1. The van der Waals surface area contributed by atoms with E-state index in [2.05, 4.69) is 4.98 Å². The number of aryl methyl sites for hydroxylation is 1. The number of hydrogen-bond donors (Lipinski definition) is 1. The van der Waals surface area contributed by atoms with Gasteiger partial charge in [0.2, 0.25) is 0 Å². The van der Waals surface area contributed by atoms with E-state index in [1.165, 1.54) is 0 Å². The average molecular weight is 286 g/mol. The third kappa shape index (κ3) is 5.14. The molecular weight excluding hydrogens is 268 g/mol. The Morgan fingerprint density at radius 1 is 1.19 bits per heavy atom. The van der Waals surface area contributed by atoms with Crippen molar-refractivity contribution in [1.29, 1.82) is 0 Å². The number of ether oxygens (including phenoxy) is 2. The summed E-state index contributed by atoms with van der Waals surface area (Å²) < 4.78 is 10.6. The maximum atomic E-state index is 11.6. The Morgan fingerprint density at radius 2 is 1.95 bits per heavy atom. The summed E-state index contributed by atoms with van der Waals surface area (Å²) in [7, 11) is 0. The number of nitrogen functional groups attached to an aromatic ring is 1. The second kappa shape index (κ2) is 7.28. The van der Waals surface area contributed by atoms with Crippen molar-refractivity contribution in [2.75, 3.05) is 12.3 Å². The molecule has 2 aromatic rings. The molecule has 5 nitrogen and oxygen atoms in total. The van der Waals surface area contributed by atoms with E-state index >= 15 is 0 Å². The number of anilines is 1. The largest absolute Gasteiger partial charge is 0.493 e. The van der Waals surface area contributed by atoms with E-state index in [1.54, 1.807) is 24.3 Å². The fourth-order valence-electron chi connectivity index (χ4n) is 1.72. The molecule has 21 heavy (non-hydrogen) atoms. The standard InChI is InChI=1S/C16H18N2O3/c1-12-3-2-4-14(18-12)11-21-16(19)9-10-20-15-7-5-13(17)6-8-15/h2-8H,9-11,17H2,1H3. The monoisotopic (exact) mass is 286 g/mol. The summed E-state index contributed by atoms with van der Waals surface area (Å²) in [6.07, 6.45) is 0.191. The normalized spacial score (nSPS) is 10.1. The molecule has 2 rings (SSSR count). The van der Waals surface area contributed by atoms with E-state index in [9.17, 15) is 4.79 Å². The van der Waals surface area contributed by atoms with Crippen molar-refractivity contribution >= 4 is 11.7 Å². The number of rotatable bonds is 6. The van der Waals surface area contributed by atoms with E-state index in [4.69, 9.17) is 15.2 Å². The van der Waals surface area contributed by atoms with Gasteiger partial charge >= 0.3 is 5.97 Å². The summed E-state index contributed by atoms with van der Waals surface area (Å²) in [6, 6.07) is 12.6. The Kier molecular flexibility index (Phi) is 5.15. The van der Waals surface area contributed by atoms with Gasteiger partial charge in [0.25, 0.3) is 0 Å². The van der Waals surface area contributed by atoms with E-state index in [0.29, 0.717) is 11.4 Å². The van der Waals surface area contributed by atoms with Crippen LogP contribution in [0, 0.1) is 6.92 Å². The number of pyridine rings is 1. The molecular formula is C16H18N2O3. The average Bonchev–Trinajstić information content (AvgIpc) is 2.47. The van der Waals surface area contributed by atoms with Crippen molar-refractivity contribution in [3.63, 3.8) is 0 Å². The van der Waals surface area contributed by atoms with Crippen LogP contribution in [0.2, 0.25) is 0 Å². The Labute approximate surface area is 123 Å². The zero-order chi connectivity index (χ0) is 15.1. The summed E-state index contributed by atoms with van der Waals surface area (Å²) in [4.78, 5) is 15.9. The lowest BCUT2D eigenvalue weighted by Gasteiger charge is -2.07. The third-order valence-electron chi connectivity index (χ3n) is 2.78. The molecule has 0 spiro atoms. The molecule has 0 saturated heterocycles. The fraction of sp³-hybridized carbons (Fsp3) is 0.250. The highest BCUT2D eigenvalue weighted by atomic mass is 16.5. The van der Waals surface area contributed by atoms with Gasteiger partial charge in [-0.05, 0) is 43.3 Å². The molecule has 0 amide bonds. The van der Waals surface area contributed by atoms with Crippen LogP contribution in [0.5, 0.6) is 5.75 Å². The highest BCUT2D eigenvalue weighted by Crippen LogP contribution is 2.13. The number of aromatic nitrogens is 1. The van der Waals surface area contributed by atoms with E-state index in [-0.39, 0.29) is 25.6 Å². The molecule has 0 aliphatic heterocycles.